The van der Waals surface area contributed by atoms with Crippen LogP contribution in [0, 0.1) is 5.92 Å². The minimum atomic E-state index is 0.00405. The van der Waals surface area contributed by atoms with Gasteiger partial charge in [0.05, 0.1) is 0 Å². The molecule has 2 aliphatic rings. The molecule has 1 N–H and O–H groups in total. The minimum absolute atomic E-state index is 0.00405. The summed E-state index contributed by atoms with van der Waals surface area (Å²) >= 11 is 0. The summed E-state index contributed by atoms with van der Waals surface area (Å²) in [5.41, 5.74) is 1.05. The zero-order valence-electron chi connectivity index (χ0n) is 14.5. The van der Waals surface area contributed by atoms with Crippen molar-refractivity contribution >= 4 is 11.8 Å². The molecule has 0 bridgehead atoms. The fraction of sp³-hybridized carbons (Fsp3) is 0.526. The minimum Gasteiger partial charge on any atom is -0.321 e. The molecular formula is C19H25N5O. The Morgan fingerprint density at radius 2 is 2.12 bits per heavy atom. The highest BCUT2D eigenvalue weighted by molar-refractivity contribution is 5.88. The molecule has 2 aromatic rings. The lowest BCUT2D eigenvalue weighted by Gasteiger charge is -2.36. The Bertz CT molecular complexity index is 710. The van der Waals surface area contributed by atoms with Crippen LogP contribution in [0.1, 0.15) is 37.8 Å². The van der Waals surface area contributed by atoms with Gasteiger partial charge in [0.1, 0.15) is 0 Å². The van der Waals surface area contributed by atoms with E-state index >= 15 is 0 Å². The average Bonchev–Trinajstić information content (AvgIpc) is 3.22. The fourth-order valence-electron chi connectivity index (χ4n) is 3.87. The van der Waals surface area contributed by atoms with Gasteiger partial charge in [-0.2, -0.15) is 5.10 Å². The number of hydrogen-bond donors (Lipinski definition) is 1. The molecule has 2 aromatic heterocycles. The third-order valence-corrected chi connectivity index (χ3v) is 5.45. The molecule has 6 nitrogen and oxygen atoms in total. The predicted molar refractivity (Wildman–Crippen MR) is 96.3 cm³/mol. The van der Waals surface area contributed by atoms with Gasteiger partial charge in [-0.1, -0.05) is 12.5 Å². The molecular weight excluding hydrogens is 314 g/mol. The van der Waals surface area contributed by atoms with E-state index in [9.17, 15) is 4.79 Å². The number of carbonyl (C=O) groups excluding carboxylic acids is 1. The second-order valence-corrected chi connectivity index (χ2v) is 7.06. The Balaban J connectivity index is 1.32. The molecule has 0 radical (unpaired) electrons. The van der Waals surface area contributed by atoms with E-state index in [2.05, 4.69) is 15.4 Å². The fourth-order valence-corrected chi connectivity index (χ4v) is 3.87. The van der Waals surface area contributed by atoms with Gasteiger partial charge in [0.15, 0.2) is 5.82 Å². The molecule has 0 spiro atoms. The van der Waals surface area contributed by atoms with Crippen molar-refractivity contribution in [3.05, 3.63) is 42.4 Å². The predicted octanol–water partition coefficient (Wildman–Crippen LogP) is 3.32. The van der Waals surface area contributed by atoms with E-state index in [1.54, 1.807) is 6.20 Å². The lowest BCUT2D eigenvalue weighted by Crippen LogP contribution is -2.44. The molecule has 1 aliphatic heterocycles. The maximum Gasteiger partial charge on any atom is 0.323 e. The Kier molecular flexibility index (Phi) is 4.68. The SMILES string of the molecule is O=C(Nc1ccn(CCc2ccccn2)n1)N1CCC[C@H]1C1CCC1. The highest BCUT2D eigenvalue weighted by atomic mass is 16.2. The molecule has 2 fully saturated rings. The Morgan fingerprint density at radius 3 is 2.88 bits per heavy atom. The van der Waals surface area contributed by atoms with Gasteiger partial charge in [0.2, 0.25) is 0 Å². The summed E-state index contributed by atoms with van der Waals surface area (Å²) in [4.78, 5) is 19.0. The molecule has 3 heterocycles. The van der Waals surface area contributed by atoms with Gasteiger partial charge in [-0.25, -0.2) is 4.79 Å². The highest BCUT2D eigenvalue weighted by Crippen LogP contribution is 2.37. The van der Waals surface area contributed by atoms with Gasteiger partial charge in [0.25, 0.3) is 0 Å². The number of anilines is 1. The van der Waals surface area contributed by atoms with E-state index < -0.39 is 0 Å². The third-order valence-electron chi connectivity index (χ3n) is 5.45. The number of carbonyl (C=O) groups is 1. The number of aromatic nitrogens is 3. The topological polar surface area (TPSA) is 63.1 Å². The normalized spacial score (nSPS) is 20.5. The van der Waals surface area contributed by atoms with Gasteiger partial charge in [-0.3, -0.25) is 15.0 Å². The summed E-state index contributed by atoms with van der Waals surface area (Å²) in [5, 5.41) is 7.45. The molecule has 1 saturated carbocycles. The van der Waals surface area contributed by atoms with Crippen LogP contribution < -0.4 is 5.32 Å². The first-order valence-electron chi connectivity index (χ1n) is 9.30. The number of amides is 2. The highest BCUT2D eigenvalue weighted by Gasteiger charge is 2.37. The van der Waals surface area contributed by atoms with E-state index in [1.165, 1.54) is 19.3 Å². The monoisotopic (exact) mass is 339 g/mol. The molecule has 2 amide bonds. The summed E-state index contributed by atoms with van der Waals surface area (Å²) < 4.78 is 1.86. The summed E-state index contributed by atoms with van der Waals surface area (Å²) in [6.45, 7) is 1.62. The van der Waals surface area contributed by atoms with Crippen LogP contribution in [0.3, 0.4) is 0 Å². The van der Waals surface area contributed by atoms with E-state index in [4.69, 9.17) is 0 Å². The van der Waals surface area contributed by atoms with Crippen molar-refractivity contribution in [2.45, 2.75) is 51.1 Å². The number of rotatable bonds is 5. The van der Waals surface area contributed by atoms with E-state index in [0.29, 0.717) is 17.8 Å². The lowest BCUT2D eigenvalue weighted by molar-refractivity contribution is 0.147. The van der Waals surface area contributed by atoms with Crippen molar-refractivity contribution in [1.82, 2.24) is 19.7 Å². The van der Waals surface area contributed by atoms with Crippen LogP contribution in [-0.4, -0.2) is 38.3 Å². The number of likely N-dealkylation sites (tertiary alicyclic amines) is 1. The number of nitrogens with zero attached hydrogens (tertiary/aromatic N) is 4. The van der Waals surface area contributed by atoms with Crippen molar-refractivity contribution < 1.29 is 4.79 Å². The Labute approximate surface area is 148 Å². The molecule has 0 unspecified atom stereocenters. The van der Waals surface area contributed by atoms with Crippen LogP contribution in [-0.2, 0) is 13.0 Å². The summed E-state index contributed by atoms with van der Waals surface area (Å²) in [6, 6.07) is 8.22. The van der Waals surface area contributed by atoms with Crippen LogP contribution >= 0.6 is 0 Å². The first-order chi connectivity index (χ1) is 12.3. The zero-order chi connectivity index (χ0) is 17.1. The van der Waals surface area contributed by atoms with Crippen LogP contribution in [0.15, 0.2) is 36.7 Å². The number of aryl methyl sites for hydroxylation is 2. The quantitative estimate of drug-likeness (QED) is 0.909. The molecule has 1 atom stereocenters. The van der Waals surface area contributed by atoms with Crippen LogP contribution in [0.4, 0.5) is 10.6 Å². The van der Waals surface area contributed by atoms with Crippen LogP contribution in [0.5, 0.6) is 0 Å². The van der Waals surface area contributed by atoms with Crippen molar-refractivity contribution in [2.24, 2.45) is 5.92 Å². The molecule has 1 aliphatic carbocycles. The smallest absolute Gasteiger partial charge is 0.321 e. The van der Waals surface area contributed by atoms with Gasteiger partial charge in [-0.15, -0.1) is 0 Å². The molecule has 6 heteroatoms. The zero-order valence-corrected chi connectivity index (χ0v) is 14.5. The van der Waals surface area contributed by atoms with Crippen molar-refractivity contribution in [1.29, 1.82) is 0 Å². The summed E-state index contributed by atoms with van der Waals surface area (Å²) in [7, 11) is 0. The van der Waals surface area contributed by atoms with Gasteiger partial charge in [0, 0.05) is 49.7 Å². The van der Waals surface area contributed by atoms with Crippen molar-refractivity contribution in [3.8, 4) is 0 Å². The number of urea groups is 1. The average molecular weight is 339 g/mol. The van der Waals surface area contributed by atoms with Crippen molar-refractivity contribution in [2.75, 3.05) is 11.9 Å². The molecule has 4 rings (SSSR count). The van der Waals surface area contributed by atoms with Gasteiger partial charge < -0.3 is 4.90 Å². The standard InChI is InChI=1S/C19H25N5O/c25-19(24-12-4-8-17(24)15-5-3-6-15)21-18-10-14-23(22-18)13-9-16-7-1-2-11-20-16/h1-2,7,10-11,14-15,17H,3-6,8-9,12-13H2,(H,21,22,25)/t17-/m0/s1. The molecule has 0 aromatic carbocycles. The first-order valence-corrected chi connectivity index (χ1v) is 9.30. The van der Waals surface area contributed by atoms with E-state index in [0.717, 1.165) is 38.0 Å². The lowest BCUT2D eigenvalue weighted by atomic mass is 9.79. The number of hydrogen-bond acceptors (Lipinski definition) is 3. The Morgan fingerprint density at radius 1 is 1.20 bits per heavy atom. The Hall–Kier alpha value is -2.37. The number of pyridine rings is 1. The van der Waals surface area contributed by atoms with Crippen LogP contribution in [0.2, 0.25) is 0 Å². The molecule has 132 valence electrons. The molecule has 25 heavy (non-hydrogen) atoms. The maximum atomic E-state index is 12.6. The second kappa shape index (κ2) is 7.25. The largest absolute Gasteiger partial charge is 0.323 e. The van der Waals surface area contributed by atoms with Gasteiger partial charge >= 0.3 is 6.03 Å². The maximum absolute atomic E-state index is 12.6. The second-order valence-electron chi connectivity index (χ2n) is 7.06. The third kappa shape index (κ3) is 3.67. The number of nitrogens with one attached hydrogen (secondary N) is 1. The first kappa shape index (κ1) is 16.1. The van der Waals surface area contributed by atoms with E-state index in [-0.39, 0.29) is 6.03 Å². The summed E-state index contributed by atoms with van der Waals surface area (Å²) in [5.74, 6) is 1.34. The summed E-state index contributed by atoms with van der Waals surface area (Å²) in [6.07, 6.45) is 10.7. The van der Waals surface area contributed by atoms with Crippen molar-refractivity contribution in [3.63, 3.8) is 0 Å². The van der Waals surface area contributed by atoms with Crippen LogP contribution in [0.25, 0.3) is 0 Å². The molecule has 1 saturated heterocycles. The van der Waals surface area contributed by atoms with E-state index in [1.807, 2.05) is 40.0 Å². The van der Waals surface area contributed by atoms with Gasteiger partial charge in [-0.05, 0) is 43.7 Å².